The molecule has 0 saturated carbocycles. The molecule has 0 atom stereocenters. The number of fused-ring (bicyclic) bond motifs is 3. The van der Waals surface area contributed by atoms with E-state index in [1.807, 2.05) is 19.1 Å². The number of nitrogens with zero attached hydrogens (tertiary/aromatic N) is 2. The van der Waals surface area contributed by atoms with Gasteiger partial charge in [-0.2, -0.15) is 5.26 Å². The number of nitriles is 1. The highest BCUT2D eigenvalue weighted by atomic mass is 16.5. The number of hydrogen-bond donors (Lipinski definition) is 1. The van der Waals surface area contributed by atoms with E-state index in [9.17, 15) is 5.26 Å². The van der Waals surface area contributed by atoms with Crippen molar-refractivity contribution in [3.05, 3.63) is 41.0 Å². The monoisotopic (exact) mass is 279 g/mol. The number of rotatable bonds is 3. The summed E-state index contributed by atoms with van der Waals surface area (Å²) in [5.41, 5.74) is 5.13. The molecule has 0 spiro atoms. The summed E-state index contributed by atoms with van der Waals surface area (Å²) in [4.78, 5) is 4.70. The van der Waals surface area contributed by atoms with Gasteiger partial charge in [-0.15, -0.1) is 0 Å². The second-order valence-electron chi connectivity index (χ2n) is 5.06. The Labute approximate surface area is 124 Å². The van der Waals surface area contributed by atoms with Gasteiger partial charge in [-0.3, -0.25) is 0 Å². The maximum atomic E-state index is 9.26. The Kier molecular flexibility index (Phi) is 3.49. The van der Waals surface area contributed by atoms with E-state index in [1.54, 1.807) is 7.11 Å². The van der Waals surface area contributed by atoms with Crippen molar-refractivity contribution in [1.29, 1.82) is 5.26 Å². The first-order valence-electron chi connectivity index (χ1n) is 7.12. The average molecular weight is 279 g/mol. The number of nitrogens with one attached hydrogen (secondary N) is 1. The fraction of sp³-hybridized carbons (Fsp3) is 0.294. The molecule has 0 unspecified atom stereocenters. The van der Waals surface area contributed by atoms with Crippen LogP contribution in [-0.4, -0.2) is 18.6 Å². The SMILES string of the molecule is CCNc1nc2c(cc1C#N)CCc1cc(OC)ccc1-2. The van der Waals surface area contributed by atoms with Crippen LogP contribution in [-0.2, 0) is 12.8 Å². The Morgan fingerprint density at radius 1 is 1.29 bits per heavy atom. The second kappa shape index (κ2) is 5.45. The van der Waals surface area contributed by atoms with Crippen molar-refractivity contribution in [3.63, 3.8) is 0 Å². The van der Waals surface area contributed by atoms with Gasteiger partial charge in [0.15, 0.2) is 0 Å². The number of hydrogen-bond acceptors (Lipinski definition) is 4. The van der Waals surface area contributed by atoms with E-state index in [0.29, 0.717) is 11.4 Å². The third-order valence-electron chi connectivity index (χ3n) is 3.80. The van der Waals surface area contributed by atoms with Gasteiger partial charge in [0.2, 0.25) is 0 Å². The minimum Gasteiger partial charge on any atom is -0.497 e. The molecule has 4 heteroatoms. The molecule has 0 radical (unpaired) electrons. The Bertz CT molecular complexity index is 732. The zero-order valence-electron chi connectivity index (χ0n) is 12.2. The van der Waals surface area contributed by atoms with Crippen LogP contribution >= 0.6 is 0 Å². The number of methoxy groups -OCH3 is 1. The summed E-state index contributed by atoms with van der Waals surface area (Å²) in [5.74, 6) is 1.54. The number of anilines is 1. The first kappa shape index (κ1) is 13.4. The molecule has 4 nitrogen and oxygen atoms in total. The van der Waals surface area contributed by atoms with Gasteiger partial charge < -0.3 is 10.1 Å². The van der Waals surface area contributed by atoms with Crippen molar-refractivity contribution < 1.29 is 4.74 Å². The van der Waals surface area contributed by atoms with Crippen LogP contribution in [0.2, 0.25) is 0 Å². The number of pyridine rings is 1. The first-order chi connectivity index (χ1) is 10.3. The summed E-state index contributed by atoms with van der Waals surface area (Å²) in [7, 11) is 1.68. The zero-order valence-corrected chi connectivity index (χ0v) is 12.2. The van der Waals surface area contributed by atoms with Crippen LogP contribution in [0.5, 0.6) is 5.75 Å². The van der Waals surface area contributed by atoms with Crippen LogP contribution in [0, 0.1) is 11.3 Å². The third kappa shape index (κ3) is 2.31. The smallest absolute Gasteiger partial charge is 0.144 e. The van der Waals surface area contributed by atoms with Gasteiger partial charge >= 0.3 is 0 Å². The molecule has 0 amide bonds. The molecule has 0 saturated heterocycles. The van der Waals surface area contributed by atoms with Gasteiger partial charge in [-0.1, -0.05) is 0 Å². The number of benzene rings is 1. The number of ether oxygens (including phenoxy) is 1. The van der Waals surface area contributed by atoms with Gasteiger partial charge in [0.25, 0.3) is 0 Å². The van der Waals surface area contributed by atoms with Gasteiger partial charge in [0.1, 0.15) is 17.6 Å². The summed E-state index contributed by atoms with van der Waals surface area (Å²) >= 11 is 0. The maximum Gasteiger partial charge on any atom is 0.144 e. The highest BCUT2D eigenvalue weighted by Gasteiger charge is 2.20. The average Bonchev–Trinajstić information content (AvgIpc) is 2.53. The fourth-order valence-corrected chi connectivity index (χ4v) is 2.77. The minimum absolute atomic E-state index is 0.618. The topological polar surface area (TPSA) is 57.9 Å². The van der Waals surface area contributed by atoms with E-state index in [-0.39, 0.29) is 0 Å². The second-order valence-corrected chi connectivity index (χ2v) is 5.06. The molecule has 0 fully saturated rings. The minimum atomic E-state index is 0.618. The van der Waals surface area contributed by atoms with Crippen LogP contribution in [0.4, 0.5) is 5.82 Å². The van der Waals surface area contributed by atoms with Gasteiger partial charge in [-0.25, -0.2) is 4.98 Å². The highest BCUT2D eigenvalue weighted by molar-refractivity contribution is 5.74. The lowest BCUT2D eigenvalue weighted by atomic mass is 9.88. The molecule has 1 aromatic carbocycles. The predicted octanol–water partition coefficient (Wildman–Crippen LogP) is 3.16. The summed E-state index contributed by atoms with van der Waals surface area (Å²) in [6, 6.07) is 10.3. The fourth-order valence-electron chi connectivity index (χ4n) is 2.77. The van der Waals surface area contributed by atoms with Gasteiger partial charge in [-0.05, 0) is 55.2 Å². The lowest BCUT2D eigenvalue weighted by Gasteiger charge is -2.21. The van der Waals surface area contributed by atoms with Crippen molar-refractivity contribution >= 4 is 5.82 Å². The molecule has 0 aliphatic heterocycles. The van der Waals surface area contributed by atoms with Crippen LogP contribution in [0.3, 0.4) is 0 Å². The highest BCUT2D eigenvalue weighted by Crippen LogP contribution is 2.35. The van der Waals surface area contributed by atoms with Crippen molar-refractivity contribution in [2.45, 2.75) is 19.8 Å². The Hall–Kier alpha value is -2.54. The molecule has 1 heterocycles. The van der Waals surface area contributed by atoms with Crippen molar-refractivity contribution in [3.8, 4) is 23.1 Å². The maximum absolute atomic E-state index is 9.26. The quantitative estimate of drug-likeness (QED) is 0.937. The molecule has 0 bridgehead atoms. The molecule has 2 aromatic rings. The lowest BCUT2D eigenvalue weighted by Crippen LogP contribution is -2.10. The number of aromatic nitrogens is 1. The predicted molar refractivity (Wildman–Crippen MR) is 82.5 cm³/mol. The largest absolute Gasteiger partial charge is 0.497 e. The van der Waals surface area contributed by atoms with E-state index in [1.165, 1.54) is 5.56 Å². The van der Waals surface area contributed by atoms with Crippen molar-refractivity contribution in [2.24, 2.45) is 0 Å². The van der Waals surface area contributed by atoms with Crippen molar-refractivity contribution in [2.75, 3.05) is 19.0 Å². The Morgan fingerprint density at radius 3 is 2.81 bits per heavy atom. The number of aryl methyl sites for hydroxylation is 2. The van der Waals surface area contributed by atoms with E-state index in [2.05, 4.69) is 23.5 Å². The molecule has 1 aliphatic carbocycles. The van der Waals surface area contributed by atoms with E-state index >= 15 is 0 Å². The standard InChI is InChI=1S/C17H17N3O/c1-3-19-17-13(10-18)8-12-5-4-11-9-14(21-2)6-7-15(11)16(12)20-17/h6-9H,3-5H2,1-2H3,(H,19,20). The van der Waals surface area contributed by atoms with Crippen LogP contribution < -0.4 is 10.1 Å². The summed E-state index contributed by atoms with van der Waals surface area (Å²) < 4.78 is 5.29. The lowest BCUT2D eigenvalue weighted by molar-refractivity contribution is 0.414. The van der Waals surface area contributed by atoms with Crippen LogP contribution in [0.25, 0.3) is 11.3 Å². The van der Waals surface area contributed by atoms with Gasteiger partial charge in [0.05, 0.1) is 18.4 Å². The molecule has 1 aromatic heterocycles. The first-order valence-corrected chi connectivity index (χ1v) is 7.12. The van der Waals surface area contributed by atoms with Crippen LogP contribution in [0.15, 0.2) is 24.3 Å². The summed E-state index contributed by atoms with van der Waals surface area (Å²) in [5, 5.41) is 12.4. The summed E-state index contributed by atoms with van der Waals surface area (Å²) in [6.07, 6.45) is 1.86. The van der Waals surface area contributed by atoms with E-state index in [0.717, 1.165) is 42.0 Å². The molecule has 1 N–H and O–H groups in total. The van der Waals surface area contributed by atoms with E-state index < -0.39 is 0 Å². The summed E-state index contributed by atoms with van der Waals surface area (Å²) in [6.45, 7) is 2.75. The van der Waals surface area contributed by atoms with Crippen molar-refractivity contribution in [1.82, 2.24) is 4.98 Å². The molecule has 21 heavy (non-hydrogen) atoms. The molecule has 106 valence electrons. The zero-order chi connectivity index (χ0) is 14.8. The molecule has 1 aliphatic rings. The molecular weight excluding hydrogens is 262 g/mol. The van der Waals surface area contributed by atoms with Gasteiger partial charge in [0, 0.05) is 12.1 Å². The molecular formula is C17H17N3O. The normalized spacial score (nSPS) is 12.0. The van der Waals surface area contributed by atoms with Crippen LogP contribution in [0.1, 0.15) is 23.6 Å². The third-order valence-corrected chi connectivity index (χ3v) is 3.80. The van der Waals surface area contributed by atoms with E-state index in [4.69, 9.17) is 9.72 Å². The molecule has 3 rings (SSSR count). The Morgan fingerprint density at radius 2 is 2.10 bits per heavy atom. The Balaban J connectivity index is 2.15.